The molecular weight excluding hydrogens is 200 g/mol. The number of esters is 1. The second kappa shape index (κ2) is 12.3. The number of unbranched alkanes of at least 4 members (excludes halogenated alkanes) is 6. The van der Waals surface area contributed by atoms with E-state index in [9.17, 15) is 4.79 Å². The molecule has 0 amide bonds. The molecule has 0 aromatic heterocycles. The largest absolute Gasteiger partial charge is 0.466 e. The first kappa shape index (κ1) is 15.2. The van der Waals surface area contributed by atoms with Gasteiger partial charge in [-0.05, 0) is 38.5 Å². The van der Waals surface area contributed by atoms with Crippen LogP contribution in [0.5, 0.6) is 0 Å². The van der Waals surface area contributed by atoms with E-state index in [1.54, 1.807) is 0 Å². The van der Waals surface area contributed by atoms with Gasteiger partial charge in [0.1, 0.15) is 0 Å². The van der Waals surface area contributed by atoms with E-state index in [1.165, 1.54) is 39.0 Å². The summed E-state index contributed by atoms with van der Waals surface area (Å²) in [6.07, 6.45) is 14.2. The van der Waals surface area contributed by atoms with Crippen molar-refractivity contribution >= 4 is 5.97 Å². The molecule has 0 rings (SSSR count). The van der Waals surface area contributed by atoms with Gasteiger partial charge in [-0.25, -0.2) is 0 Å². The van der Waals surface area contributed by atoms with Gasteiger partial charge in [0.05, 0.1) is 6.61 Å². The van der Waals surface area contributed by atoms with E-state index in [1.807, 2.05) is 0 Å². The minimum atomic E-state index is -0.171. The van der Waals surface area contributed by atoms with Crippen LogP contribution < -0.4 is 0 Å². The van der Waals surface area contributed by atoms with Gasteiger partial charge in [0.2, 0.25) is 0 Å². The van der Waals surface area contributed by atoms with E-state index < -0.39 is 0 Å². The van der Waals surface area contributed by atoms with Gasteiger partial charge in [-0.15, -0.1) is 0 Å². The number of allylic oxidation sites excluding steroid dienone is 2. The SMILES string of the molecule is CCCCC/C=C\CCCCCOC(C)=O. The standard InChI is InChI=1S/C14H26O2/c1-3-4-5-6-7-8-9-10-11-12-13-16-14(2)15/h7-8H,3-6,9-13H2,1-2H3/b8-7-. The third-order valence-corrected chi connectivity index (χ3v) is 2.46. The Balaban J connectivity index is 3.05. The van der Waals surface area contributed by atoms with E-state index >= 15 is 0 Å². The summed E-state index contributed by atoms with van der Waals surface area (Å²) in [4.78, 5) is 10.5. The Bertz CT molecular complexity index is 185. The second-order valence-corrected chi connectivity index (χ2v) is 4.16. The summed E-state index contributed by atoms with van der Waals surface area (Å²) >= 11 is 0. The Morgan fingerprint density at radius 1 is 1.00 bits per heavy atom. The minimum Gasteiger partial charge on any atom is -0.466 e. The fourth-order valence-corrected chi connectivity index (χ4v) is 1.50. The lowest BCUT2D eigenvalue weighted by atomic mass is 10.1. The van der Waals surface area contributed by atoms with Crippen molar-refractivity contribution in [1.82, 2.24) is 0 Å². The van der Waals surface area contributed by atoms with E-state index in [2.05, 4.69) is 19.1 Å². The molecule has 0 unspecified atom stereocenters. The highest BCUT2D eigenvalue weighted by atomic mass is 16.5. The topological polar surface area (TPSA) is 26.3 Å². The lowest BCUT2D eigenvalue weighted by Gasteiger charge is -2.00. The Kier molecular flexibility index (Phi) is 11.7. The molecule has 0 aromatic rings. The van der Waals surface area contributed by atoms with Crippen LogP contribution in [-0.2, 0) is 9.53 Å². The normalized spacial score (nSPS) is 10.9. The van der Waals surface area contributed by atoms with E-state index in [0.717, 1.165) is 19.3 Å². The molecule has 0 fully saturated rings. The molecule has 2 nitrogen and oxygen atoms in total. The van der Waals surface area contributed by atoms with Crippen molar-refractivity contribution in [2.24, 2.45) is 0 Å². The highest BCUT2D eigenvalue weighted by Crippen LogP contribution is 2.04. The zero-order valence-corrected chi connectivity index (χ0v) is 10.8. The van der Waals surface area contributed by atoms with Crippen LogP contribution in [0, 0.1) is 0 Å². The van der Waals surface area contributed by atoms with Crippen LogP contribution in [0.2, 0.25) is 0 Å². The molecule has 0 aliphatic heterocycles. The molecule has 0 saturated carbocycles. The van der Waals surface area contributed by atoms with Gasteiger partial charge in [0.25, 0.3) is 0 Å². The van der Waals surface area contributed by atoms with E-state index in [4.69, 9.17) is 4.74 Å². The Labute approximate surface area is 100 Å². The first-order chi connectivity index (χ1) is 7.77. The Hall–Kier alpha value is -0.790. The highest BCUT2D eigenvalue weighted by molar-refractivity contribution is 5.65. The number of rotatable bonds is 10. The predicted octanol–water partition coefficient (Wildman–Crippen LogP) is 4.25. The second-order valence-electron chi connectivity index (χ2n) is 4.16. The maximum absolute atomic E-state index is 10.5. The monoisotopic (exact) mass is 226 g/mol. The molecule has 0 atom stereocenters. The zero-order chi connectivity index (χ0) is 12.1. The summed E-state index contributed by atoms with van der Waals surface area (Å²) in [5, 5.41) is 0. The number of ether oxygens (including phenoxy) is 1. The number of carbonyl (C=O) groups excluding carboxylic acids is 1. The summed E-state index contributed by atoms with van der Waals surface area (Å²) in [5.41, 5.74) is 0. The highest BCUT2D eigenvalue weighted by Gasteiger charge is 1.92. The minimum absolute atomic E-state index is 0.171. The van der Waals surface area contributed by atoms with E-state index in [-0.39, 0.29) is 5.97 Å². The number of carbonyl (C=O) groups is 1. The molecule has 16 heavy (non-hydrogen) atoms. The smallest absolute Gasteiger partial charge is 0.302 e. The fraction of sp³-hybridized carbons (Fsp3) is 0.786. The molecule has 0 spiro atoms. The van der Waals surface area contributed by atoms with Crippen LogP contribution in [0.4, 0.5) is 0 Å². The summed E-state index contributed by atoms with van der Waals surface area (Å²) in [6.45, 7) is 4.27. The van der Waals surface area contributed by atoms with Crippen molar-refractivity contribution in [3.63, 3.8) is 0 Å². The van der Waals surface area contributed by atoms with Crippen LogP contribution in [0.25, 0.3) is 0 Å². The van der Waals surface area contributed by atoms with Crippen LogP contribution in [0.3, 0.4) is 0 Å². The molecule has 0 heterocycles. The molecule has 0 saturated heterocycles. The van der Waals surface area contributed by atoms with Crippen molar-refractivity contribution in [2.75, 3.05) is 6.61 Å². The van der Waals surface area contributed by atoms with Gasteiger partial charge in [-0.3, -0.25) is 4.79 Å². The molecule has 0 N–H and O–H groups in total. The van der Waals surface area contributed by atoms with Gasteiger partial charge in [-0.1, -0.05) is 31.9 Å². The van der Waals surface area contributed by atoms with Crippen molar-refractivity contribution in [1.29, 1.82) is 0 Å². The van der Waals surface area contributed by atoms with Crippen molar-refractivity contribution in [2.45, 2.75) is 65.2 Å². The molecule has 0 radical (unpaired) electrons. The average Bonchev–Trinajstić information content (AvgIpc) is 2.25. The zero-order valence-electron chi connectivity index (χ0n) is 10.8. The van der Waals surface area contributed by atoms with Crippen LogP contribution in [0.15, 0.2) is 12.2 Å². The molecule has 0 aliphatic carbocycles. The third-order valence-electron chi connectivity index (χ3n) is 2.46. The van der Waals surface area contributed by atoms with Gasteiger partial charge >= 0.3 is 5.97 Å². The predicted molar refractivity (Wildman–Crippen MR) is 68.4 cm³/mol. The number of hydrogen-bond donors (Lipinski definition) is 0. The van der Waals surface area contributed by atoms with Crippen LogP contribution in [0.1, 0.15) is 65.2 Å². The average molecular weight is 226 g/mol. The maximum Gasteiger partial charge on any atom is 0.302 e. The van der Waals surface area contributed by atoms with Crippen molar-refractivity contribution < 1.29 is 9.53 Å². The molecule has 2 heteroatoms. The Morgan fingerprint density at radius 2 is 1.62 bits per heavy atom. The van der Waals surface area contributed by atoms with Gasteiger partial charge < -0.3 is 4.74 Å². The third kappa shape index (κ3) is 13.2. The van der Waals surface area contributed by atoms with E-state index in [0.29, 0.717) is 6.61 Å². The summed E-state index contributed by atoms with van der Waals surface area (Å²) in [6, 6.07) is 0. The maximum atomic E-state index is 10.5. The van der Waals surface area contributed by atoms with Crippen molar-refractivity contribution in [3.05, 3.63) is 12.2 Å². The van der Waals surface area contributed by atoms with Crippen LogP contribution in [-0.4, -0.2) is 12.6 Å². The van der Waals surface area contributed by atoms with Crippen molar-refractivity contribution in [3.8, 4) is 0 Å². The molecular formula is C14H26O2. The number of hydrogen-bond acceptors (Lipinski definition) is 2. The van der Waals surface area contributed by atoms with Gasteiger partial charge in [0, 0.05) is 6.92 Å². The van der Waals surface area contributed by atoms with Gasteiger partial charge in [0.15, 0.2) is 0 Å². The fourth-order valence-electron chi connectivity index (χ4n) is 1.50. The molecule has 0 aromatic carbocycles. The van der Waals surface area contributed by atoms with Gasteiger partial charge in [-0.2, -0.15) is 0 Å². The summed E-state index contributed by atoms with van der Waals surface area (Å²) < 4.78 is 4.86. The summed E-state index contributed by atoms with van der Waals surface area (Å²) in [7, 11) is 0. The quantitative estimate of drug-likeness (QED) is 0.316. The molecule has 0 bridgehead atoms. The first-order valence-electron chi connectivity index (χ1n) is 6.55. The summed E-state index contributed by atoms with van der Waals surface area (Å²) in [5.74, 6) is -0.171. The lowest BCUT2D eigenvalue weighted by Crippen LogP contribution is -1.99. The van der Waals surface area contributed by atoms with Crippen LogP contribution >= 0.6 is 0 Å². The lowest BCUT2D eigenvalue weighted by molar-refractivity contribution is -0.141. The first-order valence-corrected chi connectivity index (χ1v) is 6.55. The Morgan fingerprint density at radius 3 is 2.19 bits per heavy atom. The molecule has 0 aliphatic rings. The molecule has 94 valence electrons.